The van der Waals surface area contributed by atoms with Crippen molar-refractivity contribution in [2.75, 3.05) is 19.6 Å². The van der Waals surface area contributed by atoms with Gasteiger partial charge in [0.1, 0.15) is 0 Å². The van der Waals surface area contributed by atoms with Crippen LogP contribution in [0.15, 0.2) is 36.5 Å². The lowest BCUT2D eigenvalue weighted by atomic mass is 9.95. The van der Waals surface area contributed by atoms with Gasteiger partial charge in [-0.15, -0.1) is 0 Å². The highest BCUT2D eigenvalue weighted by atomic mass is 16.2. The highest BCUT2D eigenvalue weighted by Gasteiger charge is 2.29. The quantitative estimate of drug-likeness (QED) is 0.852. The van der Waals surface area contributed by atoms with E-state index in [4.69, 9.17) is 0 Å². The van der Waals surface area contributed by atoms with E-state index in [1.807, 2.05) is 34.7 Å². The molecule has 1 aliphatic heterocycles. The molecule has 2 aromatic rings. The summed E-state index contributed by atoms with van der Waals surface area (Å²) in [4.78, 5) is 26.9. The van der Waals surface area contributed by atoms with E-state index in [1.54, 1.807) is 6.20 Å². The summed E-state index contributed by atoms with van der Waals surface area (Å²) in [6.45, 7) is 6.53. The minimum atomic E-state index is 0.0143. The molecule has 1 saturated heterocycles. The Morgan fingerprint density at radius 3 is 2.48 bits per heavy atom. The van der Waals surface area contributed by atoms with Crippen LogP contribution in [0.1, 0.15) is 48.3 Å². The first kappa shape index (κ1) is 19.1. The van der Waals surface area contributed by atoms with Crippen LogP contribution in [0.2, 0.25) is 0 Å². The van der Waals surface area contributed by atoms with Crippen LogP contribution in [0.4, 0.5) is 0 Å². The van der Waals surface area contributed by atoms with Gasteiger partial charge in [0.25, 0.3) is 5.91 Å². The topological polar surface area (TPSA) is 67.2 Å². The third kappa shape index (κ3) is 4.38. The Hall–Kier alpha value is -2.63. The van der Waals surface area contributed by atoms with E-state index >= 15 is 0 Å². The van der Waals surface area contributed by atoms with E-state index < -0.39 is 0 Å². The molecule has 2 heterocycles. The highest BCUT2D eigenvalue weighted by molar-refractivity contribution is 5.95. The van der Waals surface area contributed by atoms with Crippen LogP contribution < -0.4 is 5.32 Å². The number of carbonyl (C=O) groups excluding carboxylic acids is 2. The number of aromatic nitrogens is 2. The number of hydrogen-bond donors (Lipinski definition) is 1. The van der Waals surface area contributed by atoms with Crippen LogP contribution in [0.5, 0.6) is 0 Å². The molecule has 0 bridgehead atoms. The summed E-state index contributed by atoms with van der Waals surface area (Å²) >= 11 is 0. The second-order valence-corrected chi connectivity index (χ2v) is 6.96. The minimum Gasteiger partial charge on any atom is -0.356 e. The number of nitrogens with one attached hydrogen (secondary N) is 1. The Kier molecular flexibility index (Phi) is 6.27. The van der Waals surface area contributed by atoms with Gasteiger partial charge in [0.05, 0.1) is 24.0 Å². The average molecular weight is 368 g/mol. The first-order valence-corrected chi connectivity index (χ1v) is 9.79. The fourth-order valence-electron chi connectivity index (χ4n) is 3.69. The number of nitrogens with zero attached hydrogens (tertiary/aromatic N) is 3. The number of hydrogen-bond acceptors (Lipinski definition) is 3. The predicted molar refractivity (Wildman–Crippen MR) is 104 cm³/mol. The zero-order valence-electron chi connectivity index (χ0n) is 16.1. The number of amides is 2. The van der Waals surface area contributed by atoms with Gasteiger partial charge in [0, 0.05) is 25.6 Å². The van der Waals surface area contributed by atoms with Gasteiger partial charge >= 0.3 is 0 Å². The summed E-state index contributed by atoms with van der Waals surface area (Å²) in [5.41, 5.74) is 2.82. The maximum atomic E-state index is 13.0. The minimum absolute atomic E-state index is 0.0143. The van der Waals surface area contributed by atoms with Crippen LogP contribution >= 0.6 is 0 Å². The summed E-state index contributed by atoms with van der Waals surface area (Å²) in [7, 11) is 0. The van der Waals surface area contributed by atoms with Crippen LogP contribution in [-0.4, -0.2) is 46.1 Å². The summed E-state index contributed by atoms with van der Waals surface area (Å²) < 4.78 is 1.92. The second kappa shape index (κ2) is 8.84. The molecule has 0 radical (unpaired) electrons. The van der Waals surface area contributed by atoms with Crippen LogP contribution in [0, 0.1) is 5.92 Å². The molecule has 1 aromatic carbocycles. The van der Waals surface area contributed by atoms with E-state index in [9.17, 15) is 9.59 Å². The molecule has 1 fully saturated rings. The molecule has 6 nitrogen and oxygen atoms in total. The molecule has 0 aliphatic carbocycles. The molecular weight excluding hydrogens is 340 g/mol. The van der Waals surface area contributed by atoms with E-state index in [0.717, 1.165) is 30.5 Å². The smallest absolute Gasteiger partial charge is 0.257 e. The maximum absolute atomic E-state index is 13.0. The maximum Gasteiger partial charge on any atom is 0.257 e. The molecule has 1 N–H and O–H groups in total. The average Bonchev–Trinajstić information content (AvgIpc) is 3.11. The van der Waals surface area contributed by atoms with Crippen molar-refractivity contribution in [2.45, 2.75) is 39.7 Å². The second-order valence-electron chi connectivity index (χ2n) is 6.96. The molecule has 2 amide bonds. The van der Waals surface area contributed by atoms with Crippen molar-refractivity contribution in [2.24, 2.45) is 5.92 Å². The molecule has 1 aliphatic rings. The Morgan fingerprint density at radius 1 is 1.15 bits per heavy atom. The molecule has 6 heteroatoms. The largest absolute Gasteiger partial charge is 0.356 e. The fraction of sp³-hybridized carbons (Fsp3) is 0.476. The number of piperidine rings is 1. The standard InChI is InChI=1S/C21H28N4O2/c1-3-19-18(14-23-25(19)15-16-8-6-5-7-9-16)21(27)24-12-10-17(11-13-24)20(26)22-4-2/h5-9,14,17H,3-4,10-13,15H2,1-2H3,(H,22,26). The highest BCUT2D eigenvalue weighted by Crippen LogP contribution is 2.21. The van der Waals surface area contributed by atoms with Crippen molar-refractivity contribution in [1.29, 1.82) is 0 Å². The van der Waals surface area contributed by atoms with Crippen molar-refractivity contribution in [3.63, 3.8) is 0 Å². The molecule has 0 unspecified atom stereocenters. The lowest BCUT2D eigenvalue weighted by molar-refractivity contribution is -0.126. The molecule has 3 rings (SSSR count). The number of benzene rings is 1. The Bertz CT molecular complexity index is 777. The van der Waals surface area contributed by atoms with Gasteiger partial charge in [-0.3, -0.25) is 14.3 Å². The lowest BCUT2D eigenvalue weighted by Crippen LogP contribution is -2.43. The van der Waals surface area contributed by atoms with Gasteiger partial charge in [-0.25, -0.2) is 0 Å². The molecule has 144 valence electrons. The molecule has 0 spiro atoms. The lowest BCUT2D eigenvalue weighted by Gasteiger charge is -2.31. The first-order chi connectivity index (χ1) is 13.1. The van der Waals surface area contributed by atoms with Gasteiger partial charge in [-0.1, -0.05) is 37.3 Å². The summed E-state index contributed by atoms with van der Waals surface area (Å²) in [5, 5.41) is 7.35. The number of carbonyl (C=O) groups is 2. The van der Waals surface area contributed by atoms with E-state index in [-0.39, 0.29) is 17.7 Å². The Morgan fingerprint density at radius 2 is 1.85 bits per heavy atom. The summed E-state index contributed by atoms with van der Waals surface area (Å²) in [6.07, 6.45) is 3.89. The van der Waals surface area contributed by atoms with Crippen LogP contribution in [-0.2, 0) is 17.8 Å². The zero-order chi connectivity index (χ0) is 19.2. The predicted octanol–water partition coefficient (Wildman–Crippen LogP) is 2.48. The van der Waals surface area contributed by atoms with E-state index in [2.05, 4.69) is 29.5 Å². The normalized spacial score (nSPS) is 15.0. The molecule has 1 aromatic heterocycles. The van der Waals surface area contributed by atoms with E-state index in [0.29, 0.717) is 31.7 Å². The fourth-order valence-corrected chi connectivity index (χ4v) is 3.69. The van der Waals surface area contributed by atoms with Crippen molar-refractivity contribution in [3.8, 4) is 0 Å². The Labute approximate surface area is 160 Å². The van der Waals surface area contributed by atoms with Gasteiger partial charge in [-0.05, 0) is 31.7 Å². The van der Waals surface area contributed by atoms with Gasteiger partial charge < -0.3 is 10.2 Å². The van der Waals surface area contributed by atoms with Crippen molar-refractivity contribution < 1.29 is 9.59 Å². The van der Waals surface area contributed by atoms with E-state index in [1.165, 1.54) is 0 Å². The molecule has 0 atom stereocenters. The third-order valence-electron chi connectivity index (χ3n) is 5.19. The summed E-state index contributed by atoms with van der Waals surface area (Å²) in [5.74, 6) is 0.149. The number of rotatable bonds is 6. The third-order valence-corrected chi connectivity index (χ3v) is 5.19. The van der Waals surface area contributed by atoms with Crippen molar-refractivity contribution >= 4 is 11.8 Å². The summed E-state index contributed by atoms with van der Waals surface area (Å²) in [6, 6.07) is 10.1. The molecular formula is C21H28N4O2. The van der Waals surface area contributed by atoms with Crippen molar-refractivity contribution in [1.82, 2.24) is 20.0 Å². The van der Waals surface area contributed by atoms with Gasteiger partial charge in [-0.2, -0.15) is 5.10 Å². The van der Waals surface area contributed by atoms with Crippen LogP contribution in [0.3, 0.4) is 0 Å². The SMILES string of the molecule is CCNC(=O)C1CCN(C(=O)c2cnn(Cc3ccccc3)c2CC)CC1. The first-order valence-electron chi connectivity index (χ1n) is 9.79. The van der Waals surface area contributed by atoms with Crippen LogP contribution in [0.25, 0.3) is 0 Å². The number of likely N-dealkylation sites (tertiary alicyclic amines) is 1. The zero-order valence-corrected chi connectivity index (χ0v) is 16.1. The van der Waals surface area contributed by atoms with Gasteiger partial charge in [0.2, 0.25) is 5.91 Å². The Balaban J connectivity index is 1.68. The van der Waals surface area contributed by atoms with Crippen molar-refractivity contribution in [3.05, 3.63) is 53.3 Å². The molecule has 27 heavy (non-hydrogen) atoms. The molecule has 0 saturated carbocycles. The van der Waals surface area contributed by atoms with Gasteiger partial charge in [0.15, 0.2) is 0 Å². The monoisotopic (exact) mass is 368 g/mol.